The lowest BCUT2D eigenvalue weighted by atomic mass is 9.85. The topological polar surface area (TPSA) is 49.4 Å². The summed E-state index contributed by atoms with van der Waals surface area (Å²) in [5.74, 6) is 0.252. The zero-order valence-corrected chi connectivity index (χ0v) is 16.4. The van der Waals surface area contributed by atoms with Gasteiger partial charge in [0.25, 0.3) is 0 Å². The highest BCUT2D eigenvalue weighted by Crippen LogP contribution is 2.30. The molecule has 0 bridgehead atoms. The Labute approximate surface area is 161 Å². The second-order valence-electron chi connectivity index (χ2n) is 7.41. The average molecular weight is 364 g/mol. The fraction of sp³-hybridized carbons (Fsp3) is 0.391. The van der Waals surface area contributed by atoms with Gasteiger partial charge < -0.3 is 10.2 Å². The number of amides is 2. The lowest BCUT2D eigenvalue weighted by molar-refractivity contribution is -0.119. The molecule has 1 fully saturated rings. The molecule has 1 heterocycles. The number of hydrogen-bond acceptors (Lipinski definition) is 2. The van der Waals surface area contributed by atoms with Gasteiger partial charge in [0.2, 0.25) is 11.8 Å². The van der Waals surface area contributed by atoms with E-state index in [-0.39, 0.29) is 23.7 Å². The molecule has 1 saturated heterocycles. The normalized spacial score (nSPS) is 16.3. The molecule has 2 atom stereocenters. The summed E-state index contributed by atoms with van der Waals surface area (Å²) in [5.41, 5.74) is 3.76. The number of carbonyl (C=O) groups is 2. The molecular weight excluding hydrogens is 336 g/mol. The first-order chi connectivity index (χ1) is 13.0. The summed E-state index contributed by atoms with van der Waals surface area (Å²) in [4.78, 5) is 26.9. The number of aryl methyl sites for hydroxylation is 1. The summed E-state index contributed by atoms with van der Waals surface area (Å²) < 4.78 is 0. The molecule has 1 aliphatic heterocycles. The van der Waals surface area contributed by atoms with Gasteiger partial charge in [-0.3, -0.25) is 9.59 Å². The van der Waals surface area contributed by atoms with Crippen LogP contribution in [0.5, 0.6) is 0 Å². The Morgan fingerprint density at radius 3 is 2.52 bits per heavy atom. The first-order valence-electron chi connectivity index (χ1n) is 9.78. The molecule has 0 aromatic heterocycles. The van der Waals surface area contributed by atoms with E-state index in [1.807, 2.05) is 60.4 Å². The minimum atomic E-state index is -0.184. The SMILES string of the molecule is CCC(C)C(C(=O)Nc1ccc(N2CCCC2=O)c(C)c1)c1ccccc1. The lowest BCUT2D eigenvalue weighted by Crippen LogP contribution is -2.27. The Balaban J connectivity index is 1.79. The van der Waals surface area contributed by atoms with E-state index in [9.17, 15) is 9.59 Å². The number of benzene rings is 2. The highest BCUT2D eigenvalue weighted by molar-refractivity contribution is 5.98. The van der Waals surface area contributed by atoms with Crippen LogP contribution in [0, 0.1) is 12.8 Å². The van der Waals surface area contributed by atoms with Gasteiger partial charge in [0.1, 0.15) is 0 Å². The van der Waals surface area contributed by atoms with Crippen molar-refractivity contribution in [1.82, 2.24) is 0 Å². The number of nitrogens with one attached hydrogen (secondary N) is 1. The van der Waals surface area contributed by atoms with Crippen molar-refractivity contribution in [1.29, 1.82) is 0 Å². The van der Waals surface area contributed by atoms with Crippen molar-refractivity contribution in [3.05, 3.63) is 59.7 Å². The fourth-order valence-corrected chi connectivity index (χ4v) is 3.79. The Morgan fingerprint density at radius 2 is 1.93 bits per heavy atom. The van der Waals surface area contributed by atoms with Gasteiger partial charge >= 0.3 is 0 Å². The third kappa shape index (κ3) is 4.21. The Kier molecular flexibility index (Phi) is 5.94. The molecule has 142 valence electrons. The first-order valence-corrected chi connectivity index (χ1v) is 9.78. The van der Waals surface area contributed by atoms with Crippen LogP contribution < -0.4 is 10.2 Å². The van der Waals surface area contributed by atoms with Gasteiger partial charge in [0.05, 0.1) is 5.92 Å². The van der Waals surface area contributed by atoms with Crippen molar-refractivity contribution < 1.29 is 9.59 Å². The van der Waals surface area contributed by atoms with Gasteiger partial charge in [-0.15, -0.1) is 0 Å². The minimum Gasteiger partial charge on any atom is -0.326 e. The Morgan fingerprint density at radius 1 is 1.19 bits per heavy atom. The number of nitrogens with zero attached hydrogens (tertiary/aromatic N) is 1. The van der Waals surface area contributed by atoms with E-state index in [4.69, 9.17) is 0 Å². The van der Waals surface area contributed by atoms with E-state index >= 15 is 0 Å². The molecular formula is C23H28N2O2. The van der Waals surface area contributed by atoms with E-state index in [2.05, 4.69) is 19.2 Å². The van der Waals surface area contributed by atoms with Crippen molar-refractivity contribution in [3.63, 3.8) is 0 Å². The summed E-state index contributed by atoms with van der Waals surface area (Å²) in [5, 5.41) is 3.08. The van der Waals surface area contributed by atoms with Gasteiger partial charge in [-0.1, -0.05) is 50.6 Å². The van der Waals surface area contributed by atoms with Crippen LogP contribution in [0.2, 0.25) is 0 Å². The molecule has 2 aromatic carbocycles. The maximum atomic E-state index is 13.0. The molecule has 4 nitrogen and oxygen atoms in total. The molecule has 2 amide bonds. The van der Waals surface area contributed by atoms with Crippen LogP contribution in [-0.2, 0) is 9.59 Å². The highest BCUT2D eigenvalue weighted by atomic mass is 16.2. The molecule has 0 spiro atoms. The Hall–Kier alpha value is -2.62. The van der Waals surface area contributed by atoms with Crippen LogP contribution in [0.25, 0.3) is 0 Å². The molecule has 0 radical (unpaired) electrons. The monoisotopic (exact) mass is 364 g/mol. The molecule has 1 aliphatic rings. The van der Waals surface area contributed by atoms with Crippen LogP contribution in [0.3, 0.4) is 0 Å². The number of hydrogen-bond donors (Lipinski definition) is 1. The quantitative estimate of drug-likeness (QED) is 0.793. The van der Waals surface area contributed by atoms with Crippen molar-refractivity contribution in [2.45, 2.75) is 46.0 Å². The minimum absolute atomic E-state index is 0.0138. The standard InChI is InChI=1S/C23H28N2O2/c1-4-16(2)22(18-9-6-5-7-10-18)23(27)24-19-12-13-20(17(3)15-19)25-14-8-11-21(25)26/h5-7,9-10,12-13,15-16,22H,4,8,11,14H2,1-3H3,(H,24,27). The van der Waals surface area contributed by atoms with Crippen LogP contribution >= 0.6 is 0 Å². The summed E-state index contributed by atoms with van der Waals surface area (Å²) in [6.07, 6.45) is 2.46. The van der Waals surface area contributed by atoms with Crippen LogP contribution in [-0.4, -0.2) is 18.4 Å². The molecule has 0 aliphatic carbocycles. The largest absolute Gasteiger partial charge is 0.326 e. The zero-order valence-electron chi connectivity index (χ0n) is 16.4. The lowest BCUT2D eigenvalue weighted by Gasteiger charge is -2.23. The number of carbonyl (C=O) groups excluding carboxylic acids is 2. The third-order valence-electron chi connectivity index (χ3n) is 5.48. The average Bonchev–Trinajstić information content (AvgIpc) is 3.08. The van der Waals surface area contributed by atoms with E-state index < -0.39 is 0 Å². The summed E-state index contributed by atoms with van der Waals surface area (Å²) in [6.45, 7) is 6.99. The van der Waals surface area contributed by atoms with Crippen molar-refractivity contribution >= 4 is 23.2 Å². The third-order valence-corrected chi connectivity index (χ3v) is 5.48. The molecule has 27 heavy (non-hydrogen) atoms. The summed E-state index contributed by atoms with van der Waals surface area (Å²) >= 11 is 0. The molecule has 2 unspecified atom stereocenters. The van der Waals surface area contributed by atoms with Gasteiger partial charge in [0, 0.05) is 24.3 Å². The maximum Gasteiger partial charge on any atom is 0.232 e. The van der Waals surface area contributed by atoms with Crippen LogP contribution in [0.4, 0.5) is 11.4 Å². The van der Waals surface area contributed by atoms with Crippen molar-refractivity contribution in [3.8, 4) is 0 Å². The summed E-state index contributed by atoms with van der Waals surface area (Å²) in [6, 6.07) is 15.7. The predicted octanol–water partition coefficient (Wildman–Crippen LogP) is 4.89. The number of anilines is 2. The smallest absolute Gasteiger partial charge is 0.232 e. The predicted molar refractivity (Wildman–Crippen MR) is 110 cm³/mol. The first kappa shape index (κ1) is 19.2. The van der Waals surface area contributed by atoms with E-state index in [1.54, 1.807) is 0 Å². The maximum absolute atomic E-state index is 13.0. The van der Waals surface area contributed by atoms with Crippen LogP contribution in [0.1, 0.15) is 50.2 Å². The van der Waals surface area contributed by atoms with E-state index in [0.29, 0.717) is 6.42 Å². The molecule has 1 N–H and O–H groups in total. The van der Waals surface area contributed by atoms with Crippen LogP contribution in [0.15, 0.2) is 48.5 Å². The zero-order chi connectivity index (χ0) is 19.4. The van der Waals surface area contributed by atoms with Crippen molar-refractivity contribution in [2.75, 3.05) is 16.8 Å². The van der Waals surface area contributed by atoms with Gasteiger partial charge in [-0.25, -0.2) is 0 Å². The molecule has 3 rings (SSSR count). The highest BCUT2D eigenvalue weighted by Gasteiger charge is 2.26. The Bertz CT molecular complexity index is 816. The van der Waals surface area contributed by atoms with E-state index in [1.165, 1.54) is 0 Å². The second kappa shape index (κ2) is 8.38. The molecule has 2 aromatic rings. The van der Waals surface area contributed by atoms with Gasteiger partial charge in [0.15, 0.2) is 0 Å². The number of rotatable bonds is 6. The van der Waals surface area contributed by atoms with E-state index in [0.717, 1.165) is 41.9 Å². The van der Waals surface area contributed by atoms with Gasteiger partial charge in [-0.2, -0.15) is 0 Å². The van der Waals surface area contributed by atoms with Crippen molar-refractivity contribution in [2.24, 2.45) is 5.92 Å². The summed E-state index contributed by atoms with van der Waals surface area (Å²) in [7, 11) is 0. The molecule has 0 saturated carbocycles. The fourth-order valence-electron chi connectivity index (χ4n) is 3.79. The van der Waals surface area contributed by atoms with Gasteiger partial charge in [-0.05, 0) is 48.6 Å². The molecule has 4 heteroatoms. The second-order valence-corrected chi connectivity index (χ2v) is 7.41.